The van der Waals surface area contributed by atoms with Crippen molar-refractivity contribution in [3.05, 3.63) is 11.6 Å². The van der Waals surface area contributed by atoms with Crippen LogP contribution in [0, 0.1) is 50.2 Å². The molecule has 0 aromatic rings. The van der Waals surface area contributed by atoms with Gasteiger partial charge in [-0.05, 0) is 110 Å². The van der Waals surface area contributed by atoms with E-state index >= 15 is 0 Å². The molecule has 0 amide bonds. The van der Waals surface area contributed by atoms with Gasteiger partial charge in [-0.25, -0.2) is 9.59 Å². The van der Waals surface area contributed by atoms with Crippen LogP contribution in [0.2, 0.25) is 0 Å². The number of aliphatic hydroxyl groups excluding tert-OH is 5. The number of carbonyl (C=O) groups excluding carboxylic acids is 1. The summed E-state index contributed by atoms with van der Waals surface area (Å²) in [5, 5.41) is 83.0. The number of carboxylic acids is 3. The lowest BCUT2D eigenvalue weighted by Crippen LogP contribution is -2.68. The Morgan fingerprint density at radius 2 is 1.28 bits per heavy atom. The van der Waals surface area contributed by atoms with Gasteiger partial charge in [-0.1, -0.05) is 47.1 Å². The molecule has 3 unspecified atom stereocenters. The van der Waals surface area contributed by atoms with Crippen molar-refractivity contribution in [2.24, 2.45) is 50.2 Å². The third-order valence-corrected chi connectivity index (χ3v) is 17.2. The standard InChI is InChI=1S/C42H62O16/c1-37(2)21-8-11-42(7)31(20(43)16-18-19-17-39(4,36(53)54)13-12-38(19,3)14-15-41(18,42)6)40(21,5)10-9-22(37)55-35-30(26(47)25(46)29(57-35)33(51)52)58-34-27(48)23(44)24(45)28(56-34)32(49)50/h16,19,21-31,34-35,44-48H,8-15,17H2,1-7H3,(H,49,50)(H,51,52)(H,53,54)/t19-,21-,22?,23-,24-,25-,26-,27+,28?,29-,30+,31+,34-,35-,38+,39-,40-,41+,42?/m0/s1. The molecule has 8 N–H and O–H groups in total. The molecule has 19 atom stereocenters. The van der Waals surface area contributed by atoms with Gasteiger partial charge in [0, 0.05) is 5.92 Å². The third-order valence-electron chi connectivity index (χ3n) is 17.2. The molecule has 0 radical (unpaired) electrons. The summed E-state index contributed by atoms with van der Waals surface area (Å²) < 4.78 is 23.4. The van der Waals surface area contributed by atoms with Crippen molar-refractivity contribution in [3.8, 4) is 0 Å². The molecular formula is C42H62O16. The van der Waals surface area contributed by atoms with Gasteiger partial charge in [0.05, 0.1) is 11.5 Å². The van der Waals surface area contributed by atoms with Gasteiger partial charge in [0.15, 0.2) is 30.6 Å². The predicted molar refractivity (Wildman–Crippen MR) is 199 cm³/mol. The van der Waals surface area contributed by atoms with Crippen LogP contribution in [0.3, 0.4) is 0 Å². The van der Waals surface area contributed by atoms with Gasteiger partial charge in [-0.2, -0.15) is 0 Å². The van der Waals surface area contributed by atoms with Crippen LogP contribution in [-0.4, -0.2) is 132 Å². The van der Waals surface area contributed by atoms with Crippen molar-refractivity contribution in [1.29, 1.82) is 0 Å². The molecule has 0 spiro atoms. The van der Waals surface area contributed by atoms with Crippen LogP contribution in [-0.2, 0) is 38.1 Å². The first-order valence-electron chi connectivity index (χ1n) is 20.7. The molecule has 58 heavy (non-hydrogen) atoms. The number of hydrogen-bond donors (Lipinski definition) is 8. The summed E-state index contributed by atoms with van der Waals surface area (Å²) in [6, 6.07) is 0. The Morgan fingerprint density at radius 3 is 1.88 bits per heavy atom. The molecule has 7 rings (SSSR count). The van der Waals surface area contributed by atoms with Gasteiger partial charge < -0.3 is 59.8 Å². The van der Waals surface area contributed by atoms with E-state index < -0.39 is 107 Å². The van der Waals surface area contributed by atoms with Crippen LogP contribution in [0.25, 0.3) is 0 Å². The van der Waals surface area contributed by atoms with Crippen molar-refractivity contribution in [3.63, 3.8) is 0 Å². The van der Waals surface area contributed by atoms with Crippen molar-refractivity contribution in [2.45, 2.75) is 174 Å². The number of aliphatic hydroxyl groups is 5. The zero-order chi connectivity index (χ0) is 42.9. The Labute approximate surface area is 337 Å². The maximum Gasteiger partial charge on any atom is 0.335 e. The SMILES string of the molecule is CC1(C)C(O[C@H]2O[C@H](C(=O)O)[C@@H](O)[C@H](O)[C@H]2O[C@@H]2OC(C(=O)O)[C@@H](O)[C@H](O)[C@H]2O)CC[C@@]2(C)[C@H]1CCC1(C)[C@@H]2C(=O)C=C2[C@@H]3C[C@@](C)(C(=O)O)CC[C@]3(C)CC[C@]21C. The van der Waals surface area contributed by atoms with E-state index in [2.05, 4.69) is 27.7 Å². The number of carboxylic acid groups (broad SMARTS) is 3. The summed E-state index contributed by atoms with van der Waals surface area (Å²) in [7, 11) is 0. The maximum atomic E-state index is 14.8. The number of fused-ring (bicyclic) bond motifs is 7. The molecule has 16 heteroatoms. The smallest absolute Gasteiger partial charge is 0.335 e. The summed E-state index contributed by atoms with van der Waals surface area (Å²) in [4.78, 5) is 51.3. The maximum absolute atomic E-state index is 14.8. The molecule has 2 heterocycles. The Hall–Kier alpha value is -2.54. The van der Waals surface area contributed by atoms with Gasteiger partial charge in [0.2, 0.25) is 0 Å². The fraction of sp³-hybridized carbons (Fsp3) is 0.857. The number of allylic oxidation sites excluding steroid dienone is 2. The summed E-state index contributed by atoms with van der Waals surface area (Å²) in [6.07, 6.45) is -12.2. The highest BCUT2D eigenvalue weighted by atomic mass is 16.8. The summed E-state index contributed by atoms with van der Waals surface area (Å²) in [5.74, 6) is -4.47. The Morgan fingerprint density at radius 1 is 0.690 bits per heavy atom. The highest BCUT2D eigenvalue weighted by molar-refractivity contribution is 5.95. The molecule has 7 aliphatic rings. The van der Waals surface area contributed by atoms with E-state index in [4.69, 9.17) is 18.9 Å². The normalized spacial score (nSPS) is 52.6. The quantitative estimate of drug-likeness (QED) is 0.171. The topological polar surface area (TPSA) is 267 Å². The molecular weight excluding hydrogens is 760 g/mol. The van der Waals surface area contributed by atoms with Gasteiger partial charge in [-0.15, -0.1) is 0 Å². The van der Waals surface area contributed by atoms with E-state index in [0.717, 1.165) is 37.7 Å². The first-order valence-corrected chi connectivity index (χ1v) is 20.7. The van der Waals surface area contributed by atoms with Crippen molar-refractivity contribution >= 4 is 23.7 Å². The number of carbonyl (C=O) groups is 4. The lowest BCUT2D eigenvalue weighted by molar-refractivity contribution is -0.371. The Balaban J connectivity index is 1.17. The van der Waals surface area contributed by atoms with Crippen molar-refractivity contribution in [2.75, 3.05) is 0 Å². The minimum absolute atomic E-state index is 0.0217. The number of hydrogen-bond acceptors (Lipinski definition) is 13. The van der Waals surface area contributed by atoms with E-state index in [9.17, 15) is 60.0 Å². The molecule has 0 bridgehead atoms. The third kappa shape index (κ3) is 6.25. The van der Waals surface area contributed by atoms with Gasteiger partial charge in [0.25, 0.3) is 0 Å². The van der Waals surface area contributed by atoms with Crippen LogP contribution >= 0.6 is 0 Å². The van der Waals surface area contributed by atoms with E-state index in [1.807, 2.05) is 26.8 Å². The summed E-state index contributed by atoms with van der Waals surface area (Å²) in [6.45, 7) is 14.8. The van der Waals surface area contributed by atoms with E-state index in [1.54, 1.807) is 0 Å². The average Bonchev–Trinajstić information content (AvgIpc) is 3.13. The Kier molecular flexibility index (Phi) is 10.7. The molecule has 16 nitrogen and oxygen atoms in total. The fourth-order valence-electron chi connectivity index (χ4n) is 13.4. The van der Waals surface area contributed by atoms with Crippen LogP contribution in [0.15, 0.2) is 11.6 Å². The second-order valence-electron chi connectivity index (χ2n) is 20.6. The highest BCUT2D eigenvalue weighted by Crippen LogP contribution is 2.75. The van der Waals surface area contributed by atoms with Crippen molar-refractivity contribution in [1.82, 2.24) is 0 Å². The van der Waals surface area contributed by atoms with E-state index in [-0.39, 0.29) is 34.4 Å². The molecule has 4 saturated carbocycles. The van der Waals surface area contributed by atoms with Crippen LogP contribution in [0.4, 0.5) is 0 Å². The van der Waals surface area contributed by atoms with Gasteiger partial charge in [-0.3, -0.25) is 9.59 Å². The largest absolute Gasteiger partial charge is 0.481 e. The number of ketones is 1. The first kappa shape index (κ1) is 43.5. The number of aliphatic carboxylic acids is 3. The highest BCUT2D eigenvalue weighted by Gasteiger charge is 2.71. The Bertz CT molecular complexity index is 1730. The van der Waals surface area contributed by atoms with Gasteiger partial charge >= 0.3 is 17.9 Å². The van der Waals surface area contributed by atoms with Crippen LogP contribution < -0.4 is 0 Å². The lowest BCUT2D eigenvalue weighted by Gasteiger charge is -2.70. The predicted octanol–water partition coefficient (Wildman–Crippen LogP) is 2.25. The van der Waals surface area contributed by atoms with Crippen LogP contribution in [0.1, 0.15) is 106 Å². The zero-order valence-electron chi connectivity index (χ0n) is 34.4. The molecule has 326 valence electrons. The van der Waals surface area contributed by atoms with E-state index in [0.29, 0.717) is 25.7 Å². The monoisotopic (exact) mass is 822 g/mol. The average molecular weight is 823 g/mol. The van der Waals surface area contributed by atoms with Crippen LogP contribution in [0.5, 0.6) is 0 Å². The van der Waals surface area contributed by atoms with Crippen molar-refractivity contribution < 1.29 is 79.0 Å². The van der Waals surface area contributed by atoms with Gasteiger partial charge in [0.1, 0.15) is 36.6 Å². The molecule has 0 aromatic carbocycles. The summed E-state index contributed by atoms with van der Waals surface area (Å²) >= 11 is 0. The minimum Gasteiger partial charge on any atom is -0.481 e. The minimum atomic E-state index is -2.05. The van der Waals surface area contributed by atoms with E-state index in [1.165, 1.54) is 0 Å². The lowest BCUT2D eigenvalue weighted by atomic mass is 9.33. The molecule has 0 aromatic heterocycles. The summed E-state index contributed by atoms with van der Waals surface area (Å²) in [5.41, 5.74) is -1.81. The number of ether oxygens (including phenoxy) is 4. The fourth-order valence-corrected chi connectivity index (χ4v) is 13.4. The molecule has 2 aliphatic heterocycles. The first-order chi connectivity index (χ1) is 26.8. The second kappa shape index (κ2) is 14.3. The molecule has 5 aliphatic carbocycles. The zero-order valence-corrected chi connectivity index (χ0v) is 34.4. The second-order valence-corrected chi connectivity index (χ2v) is 20.6. The molecule has 6 fully saturated rings. The molecule has 2 saturated heterocycles. The number of rotatable bonds is 7.